The first-order chi connectivity index (χ1) is 19.4. The molecule has 40 heavy (non-hydrogen) atoms. The lowest BCUT2D eigenvalue weighted by molar-refractivity contribution is -0.137. The van der Waals surface area contributed by atoms with Crippen LogP contribution in [0.4, 0.5) is 4.39 Å². The number of carboxylic acid groups (broad SMARTS) is 1. The number of carboxylic acids is 1. The largest absolute Gasteiger partial charge is 0.481 e. The van der Waals surface area contributed by atoms with Gasteiger partial charge in [-0.15, -0.1) is 0 Å². The number of ether oxygens (including phenoxy) is 1. The summed E-state index contributed by atoms with van der Waals surface area (Å²) in [5, 5.41) is 13.3. The monoisotopic (exact) mass is 544 g/mol. The van der Waals surface area contributed by atoms with Crippen LogP contribution in [0.1, 0.15) is 54.0 Å². The van der Waals surface area contributed by atoms with E-state index in [9.17, 15) is 9.18 Å². The Balaban J connectivity index is 1.49. The first-order valence-electron chi connectivity index (χ1n) is 13.7. The van der Waals surface area contributed by atoms with Crippen molar-refractivity contribution in [1.29, 1.82) is 0 Å². The second-order valence-corrected chi connectivity index (χ2v) is 10.1. The summed E-state index contributed by atoms with van der Waals surface area (Å²) < 4.78 is 20.1. The molecule has 6 nitrogen and oxygen atoms in total. The van der Waals surface area contributed by atoms with Gasteiger partial charge in [-0.3, -0.25) is 4.79 Å². The first-order valence-corrected chi connectivity index (χ1v) is 13.7. The number of nitrogens with zero attached hydrogens (tertiary/aromatic N) is 2. The number of aliphatic carboxylic acids is 1. The Hall–Kier alpha value is -3.81. The minimum atomic E-state index is -0.873. The minimum Gasteiger partial charge on any atom is -0.481 e. The van der Waals surface area contributed by atoms with Crippen molar-refractivity contribution < 1.29 is 23.9 Å². The van der Waals surface area contributed by atoms with Crippen LogP contribution >= 0.6 is 0 Å². The van der Waals surface area contributed by atoms with Gasteiger partial charge in [-0.05, 0) is 83.5 Å². The molecule has 0 aromatic heterocycles. The number of methoxy groups -OCH3 is 1. The van der Waals surface area contributed by atoms with E-state index in [1.165, 1.54) is 22.8 Å². The van der Waals surface area contributed by atoms with Crippen LogP contribution in [0.15, 0.2) is 71.9 Å². The maximum atomic E-state index is 14.5. The Morgan fingerprint density at radius 2 is 1.80 bits per heavy atom. The number of rotatable bonds is 11. The number of carbonyl (C=O) groups is 1. The molecule has 3 aromatic carbocycles. The van der Waals surface area contributed by atoms with Gasteiger partial charge in [0.15, 0.2) is 0 Å². The molecule has 210 valence electrons. The summed E-state index contributed by atoms with van der Waals surface area (Å²) in [7, 11) is 3.50. The molecule has 4 rings (SSSR count). The van der Waals surface area contributed by atoms with E-state index in [-0.39, 0.29) is 12.2 Å². The van der Waals surface area contributed by atoms with Gasteiger partial charge in [0.1, 0.15) is 12.4 Å². The second-order valence-electron chi connectivity index (χ2n) is 10.1. The van der Waals surface area contributed by atoms with Crippen molar-refractivity contribution >= 4 is 17.3 Å². The molecule has 1 aliphatic heterocycles. The van der Waals surface area contributed by atoms with Crippen molar-refractivity contribution in [3.05, 3.63) is 100 Å². The third-order valence-electron chi connectivity index (χ3n) is 7.16. The molecule has 1 N–H and O–H groups in total. The summed E-state index contributed by atoms with van der Waals surface area (Å²) in [6.07, 6.45) is 4.57. The molecule has 7 heteroatoms. The topological polar surface area (TPSA) is 71.4 Å². The molecule has 0 amide bonds. The van der Waals surface area contributed by atoms with E-state index in [0.717, 1.165) is 40.8 Å². The highest BCUT2D eigenvalue weighted by atomic mass is 19.1. The molecular weight excluding hydrogens is 507 g/mol. The van der Waals surface area contributed by atoms with Crippen molar-refractivity contribution in [2.24, 2.45) is 5.16 Å². The Bertz CT molecular complexity index is 1400. The van der Waals surface area contributed by atoms with Crippen molar-refractivity contribution in [3.8, 4) is 11.1 Å². The smallest absolute Gasteiger partial charge is 0.304 e. The average Bonchev–Trinajstić information content (AvgIpc) is 2.93. The predicted molar refractivity (Wildman–Crippen MR) is 157 cm³/mol. The SMILES string of the molecule is CCc1ccccc1-c1ccc(C2=CCCC(c3ccc(F)c(CN(C)CCC(=O)O)c3)=NOC2)cc1COC. The third kappa shape index (κ3) is 7.43. The molecule has 3 aromatic rings. The van der Waals surface area contributed by atoms with Crippen LogP contribution in [-0.2, 0) is 33.9 Å². The molecule has 0 bridgehead atoms. The lowest BCUT2D eigenvalue weighted by Gasteiger charge is -2.18. The van der Waals surface area contributed by atoms with Crippen LogP contribution in [0.25, 0.3) is 16.7 Å². The Labute approximate surface area is 235 Å². The van der Waals surface area contributed by atoms with Crippen LogP contribution in [0, 0.1) is 5.82 Å². The normalized spacial score (nSPS) is 13.7. The lowest BCUT2D eigenvalue weighted by Crippen LogP contribution is -2.22. The van der Waals surface area contributed by atoms with E-state index in [1.54, 1.807) is 31.2 Å². The molecule has 0 radical (unpaired) electrons. The third-order valence-corrected chi connectivity index (χ3v) is 7.16. The number of allylic oxidation sites excluding steroid dienone is 1. The summed E-state index contributed by atoms with van der Waals surface area (Å²) in [6, 6.07) is 19.9. The van der Waals surface area contributed by atoms with Gasteiger partial charge in [0, 0.05) is 25.8 Å². The zero-order chi connectivity index (χ0) is 28.5. The number of hydrogen-bond donors (Lipinski definition) is 1. The van der Waals surface area contributed by atoms with Crippen LogP contribution in [0.3, 0.4) is 0 Å². The van der Waals surface area contributed by atoms with Gasteiger partial charge in [-0.1, -0.05) is 60.6 Å². The van der Waals surface area contributed by atoms with E-state index >= 15 is 0 Å². The predicted octanol–water partition coefficient (Wildman–Crippen LogP) is 6.71. The van der Waals surface area contributed by atoms with E-state index < -0.39 is 5.97 Å². The summed E-state index contributed by atoms with van der Waals surface area (Å²) in [5.41, 5.74) is 9.05. The van der Waals surface area contributed by atoms with Gasteiger partial charge in [-0.25, -0.2) is 4.39 Å². The lowest BCUT2D eigenvalue weighted by atomic mass is 9.91. The highest BCUT2D eigenvalue weighted by Crippen LogP contribution is 2.31. The van der Waals surface area contributed by atoms with Crippen molar-refractivity contribution in [3.63, 3.8) is 0 Å². The van der Waals surface area contributed by atoms with Gasteiger partial charge < -0.3 is 19.6 Å². The van der Waals surface area contributed by atoms with Gasteiger partial charge in [-0.2, -0.15) is 0 Å². The van der Waals surface area contributed by atoms with Crippen molar-refractivity contribution in [2.45, 2.75) is 45.8 Å². The van der Waals surface area contributed by atoms with Crippen molar-refractivity contribution in [2.75, 3.05) is 27.3 Å². The van der Waals surface area contributed by atoms with E-state index in [2.05, 4.69) is 60.6 Å². The van der Waals surface area contributed by atoms with Gasteiger partial charge in [0.05, 0.1) is 18.7 Å². The number of halogens is 1. The first kappa shape index (κ1) is 29.2. The standard InChI is InChI=1S/C33H37FN2O4/c1-4-23-8-5-6-10-29(23)30-14-12-24(18-28(30)21-39-3)26-9-7-11-32(35-40-22-26)25-13-15-31(34)27(19-25)20-36(2)17-16-33(37)38/h5-6,8-10,12-15,18-19H,4,7,11,16-17,20-22H2,1-3H3,(H,37,38). The Morgan fingerprint density at radius 1 is 1.05 bits per heavy atom. The van der Waals surface area contributed by atoms with Crippen molar-refractivity contribution in [1.82, 2.24) is 4.90 Å². The zero-order valence-corrected chi connectivity index (χ0v) is 23.5. The molecule has 1 aliphatic rings. The van der Waals surface area contributed by atoms with E-state index in [4.69, 9.17) is 14.7 Å². The molecule has 0 fully saturated rings. The number of hydrogen-bond acceptors (Lipinski definition) is 5. The Kier molecular flexibility index (Phi) is 10.2. The van der Waals surface area contributed by atoms with E-state index in [0.29, 0.717) is 38.3 Å². The summed E-state index contributed by atoms with van der Waals surface area (Å²) in [6.45, 7) is 3.66. The van der Waals surface area contributed by atoms with Crippen LogP contribution in [0.2, 0.25) is 0 Å². The fraction of sp³-hybridized carbons (Fsp3) is 0.333. The summed E-state index contributed by atoms with van der Waals surface area (Å²) in [5.74, 6) is -1.19. The van der Waals surface area contributed by atoms with E-state index in [1.807, 2.05) is 0 Å². The number of benzene rings is 3. The molecule has 0 spiro atoms. The fourth-order valence-corrected chi connectivity index (χ4v) is 5.02. The van der Waals surface area contributed by atoms with Gasteiger partial charge >= 0.3 is 5.97 Å². The molecule has 0 atom stereocenters. The average molecular weight is 545 g/mol. The van der Waals surface area contributed by atoms with Gasteiger partial charge in [0.25, 0.3) is 0 Å². The molecule has 1 heterocycles. The van der Waals surface area contributed by atoms with Gasteiger partial charge in [0.2, 0.25) is 0 Å². The molecule has 0 unspecified atom stereocenters. The van der Waals surface area contributed by atoms with Crippen LogP contribution in [0.5, 0.6) is 0 Å². The second kappa shape index (κ2) is 14.0. The molecule has 0 aliphatic carbocycles. The fourth-order valence-electron chi connectivity index (χ4n) is 5.02. The summed E-state index contributed by atoms with van der Waals surface area (Å²) in [4.78, 5) is 18.5. The number of aryl methyl sites for hydroxylation is 1. The highest BCUT2D eigenvalue weighted by Gasteiger charge is 2.16. The summed E-state index contributed by atoms with van der Waals surface area (Å²) >= 11 is 0. The minimum absolute atomic E-state index is 0.00868. The highest BCUT2D eigenvalue weighted by molar-refractivity contribution is 6.00. The maximum Gasteiger partial charge on any atom is 0.304 e. The molecule has 0 saturated heterocycles. The Morgan fingerprint density at radius 3 is 2.58 bits per heavy atom. The molecular formula is C33H37FN2O4. The maximum absolute atomic E-state index is 14.5. The quantitative estimate of drug-likeness (QED) is 0.291. The molecule has 0 saturated carbocycles. The number of oxime groups is 1. The zero-order valence-electron chi connectivity index (χ0n) is 23.5. The van der Waals surface area contributed by atoms with Crippen LogP contribution < -0.4 is 0 Å². The van der Waals surface area contributed by atoms with Crippen LogP contribution in [-0.4, -0.2) is 49.0 Å².